The van der Waals surface area contributed by atoms with Crippen LogP contribution in [-0.2, 0) is 0 Å². The largest absolute Gasteiger partial charge is 0.363 e. The summed E-state index contributed by atoms with van der Waals surface area (Å²) >= 11 is 11.0. The Balaban J connectivity index is 2.13. The van der Waals surface area contributed by atoms with Crippen LogP contribution in [0.4, 0.5) is 0 Å². The first kappa shape index (κ1) is 24.4. The summed E-state index contributed by atoms with van der Waals surface area (Å²) in [6.45, 7) is 12.3. The van der Waals surface area contributed by atoms with Gasteiger partial charge in [0.05, 0.1) is 11.1 Å². The van der Waals surface area contributed by atoms with Gasteiger partial charge in [-0.25, -0.2) is 0 Å². The lowest BCUT2D eigenvalue weighted by molar-refractivity contribution is 0.258. The highest BCUT2D eigenvalue weighted by Crippen LogP contribution is 2.06. The van der Waals surface area contributed by atoms with Gasteiger partial charge >= 0.3 is 0 Å². The normalized spacial score (nSPS) is 29.2. The van der Waals surface area contributed by atoms with Crippen LogP contribution in [0.1, 0.15) is 13.8 Å². The minimum absolute atomic E-state index is 0.259. The summed E-state index contributed by atoms with van der Waals surface area (Å²) in [7, 11) is 0. The van der Waals surface area contributed by atoms with E-state index in [4.69, 9.17) is 24.4 Å². The zero-order valence-electron chi connectivity index (χ0n) is 17.6. The third-order valence-electron chi connectivity index (χ3n) is 4.96. The van der Waals surface area contributed by atoms with E-state index in [1.54, 1.807) is 0 Å². The first-order valence-electron chi connectivity index (χ1n) is 10.4. The first-order chi connectivity index (χ1) is 14.0. The van der Waals surface area contributed by atoms with E-state index in [2.05, 4.69) is 53.2 Å². The Morgan fingerprint density at radius 1 is 0.621 bits per heavy atom. The van der Waals surface area contributed by atoms with Crippen LogP contribution in [0.25, 0.3) is 0 Å². The molecule has 3 fully saturated rings. The second-order valence-electron chi connectivity index (χ2n) is 7.62. The highest BCUT2D eigenvalue weighted by Gasteiger charge is 2.34. The minimum Gasteiger partial charge on any atom is -0.363 e. The molecule has 0 amide bonds. The van der Waals surface area contributed by atoms with Gasteiger partial charge < -0.3 is 53.2 Å². The summed E-state index contributed by atoms with van der Waals surface area (Å²) in [4.78, 5) is 0. The highest BCUT2D eigenvalue weighted by molar-refractivity contribution is 7.80. The third kappa shape index (κ3) is 8.42. The van der Waals surface area contributed by atoms with Crippen molar-refractivity contribution in [1.82, 2.24) is 53.2 Å². The van der Waals surface area contributed by atoms with E-state index in [9.17, 15) is 0 Å². The van der Waals surface area contributed by atoms with E-state index in [0.29, 0.717) is 30.2 Å². The van der Waals surface area contributed by atoms with Gasteiger partial charge in [0.2, 0.25) is 0 Å². The van der Waals surface area contributed by atoms with Crippen molar-refractivity contribution in [2.75, 3.05) is 72.4 Å². The average Bonchev–Trinajstić information content (AvgIpc) is 2.65. The second-order valence-corrected chi connectivity index (χ2v) is 8.44. The monoisotopic (exact) mass is 446 g/mol. The molecule has 0 unspecified atom stereocenters. The molecule has 3 saturated heterocycles. The van der Waals surface area contributed by atoms with Crippen LogP contribution in [0.15, 0.2) is 0 Å². The fourth-order valence-corrected chi connectivity index (χ4v) is 4.33. The molecule has 29 heavy (non-hydrogen) atoms. The number of fused-ring (bicyclic) bond motifs is 12. The average molecular weight is 447 g/mol. The lowest BCUT2D eigenvalue weighted by Crippen LogP contribution is -2.71. The Morgan fingerprint density at radius 3 is 1.14 bits per heavy atom. The Kier molecular flexibility index (Phi) is 10.7. The lowest BCUT2D eigenvalue weighted by atomic mass is 9.97. The molecule has 0 aromatic carbocycles. The maximum atomic E-state index is 5.48. The molecule has 2 bridgehead atoms. The summed E-state index contributed by atoms with van der Waals surface area (Å²) in [5.41, 5.74) is -0.519. The number of nitrogens with one attached hydrogen (secondary N) is 10. The van der Waals surface area contributed by atoms with Crippen molar-refractivity contribution in [1.29, 1.82) is 0 Å². The van der Waals surface area contributed by atoms with Gasteiger partial charge in [-0.15, -0.1) is 0 Å². The van der Waals surface area contributed by atoms with E-state index in [1.165, 1.54) is 0 Å². The molecule has 0 aromatic rings. The lowest BCUT2D eigenvalue weighted by Gasteiger charge is -2.41. The van der Waals surface area contributed by atoms with Crippen LogP contribution < -0.4 is 53.2 Å². The molecule has 10 nitrogen and oxygen atoms in total. The predicted molar refractivity (Wildman–Crippen MR) is 127 cm³/mol. The quantitative estimate of drug-likeness (QED) is 0.201. The molecule has 0 radical (unpaired) electrons. The van der Waals surface area contributed by atoms with Gasteiger partial charge in [0, 0.05) is 72.4 Å². The van der Waals surface area contributed by atoms with Crippen molar-refractivity contribution in [3.8, 4) is 0 Å². The van der Waals surface area contributed by atoms with Crippen molar-refractivity contribution >= 4 is 34.7 Å². The molecule has 3 aliphatic heterocycles. The molecule has 3 rings (SSSR count). The number of thiocarbonyl (C=S) groups is 2. The number of hydrogen-bond donors (Lipinski definition) is 10. The Bertz CT molecular complexity index is 438. The van der Waals surface area contributed by atoms with Crippen LogP contribution in [0, 0.1) is 0 Å². The second kappa shape index (κ2) is 12.7. The molecule has 0 atom stereocenters. The van der Waals surface area contributed by atoms with Gasteiger partial charge in [-0.3, -0.25) is 0 Å². The summed E-state index contributed by atoms with van der Waals surface area (Å²) < 4.78 is 0. The first-order valence-corrected chi connectivity index (χ1v) is 11.2. The van der Waals surface area contributed by atoms with Gasteiger partial charge in [-0.05, 0) is 38.3 Å². The topological polar surface area (TPSA) is 120 Å². The zero-order valence-corrected chi connectivity index (χ0v) is 19.2. The summed E-state index contributed by atoms with van der Waals surface area (Å²) in [6.07, 6.45) is 0. The van der Waals surface area contributed by atoms with E-state index in [1.807, 2.05) is 13.8 Å². The molecule has 0 spiro atoms. The Labute approximate surface area is 185 Å². The van der Waals surface area contributed by atoms with Crippen LogP contribution in [0.3, 0.4) is 0 Å². The van der Waals surface area contributed by atoms with Gasteiger partial charge in [-0.1, -0.05) is 0 Å². The highest BCUT2D eigenvalue weighted by atomic mass is 32.1. The molecule has 168 valence electrons. The Hall–Kier alpha value is -0.860. The van der Waals surface area contributed by atoms with Crippen molar-refractivity contribution in [2.24, 2.45) is 0 Å². The predicted octanol–water partition coefficient (Wildman–Crippen LogP) is -3.13. The van der Waals surface area contributed by atoms with Crippen molar-refractivity contribution < 1.29 is 0 Å². The third-order valence-corrected chi connectivity index (χ3v) is 5.46. The molecule has 0 aliphatic carbocycles. The maximum absolute atomic E-state index is 5.48. The number of hydrogen-bond acceptors (Lipinski definition) is 8. The molecular formula is C17H38N10S2. The van der Waals surface area contributed by atoms with E-state index in [-0.39, 0.29) is 11.1 Å². The van der Waals surface area contributed by atoms with Crippen LogP contribution in [-0.4, -0.2) is 93.7 Å². The van der Waals surface area contributed by atoms with Crippen LogP contribution in [0.2, 0.25) is 0 Å². The fraction of sp³-hybridized carbons (Fsp3) is 0.882. The minimum atomic E-state index is -0.259. The smallest absolute Gasteiger partial charge is 0.166 e. The zero-order chi connectivity index (χ0) is 21.0. The van der Waals surface area contributed by atoms with Gasteiger partial charge in [0.15, 0.2) is 10.2 Å². The summed E-state index contributed by atoms with van der Waals surface area (Å²) in [5.74, 6) is 0. The van der Waals surface area contributed by atoms with Crippen molar-refractivity contribution in [2.45, 2.75) is 24.9 Å². The van der Waals surface area contributed by atoms with E-state index in [0.717, 1.165) is 52.4 Å². The van der Waals surface area contributed by atoms with Gasteiger partial charge in [-0.2, -0.15) is 0 Å². The molecule has 0 aromatic heterocycles. The summed E-state index contributed by atoms with van der Waals surface area (Å²) in [5, 5.41) is 36.0. The van der Waals surface area contributed by atoms with Crippen LogP contribution in [0.5, 0.6) is 0 Å². The molecule has 3 heterocycles. The SMILES string of the molecule is CCNC(=S)NC12CNCNCC(NC(=S)NCC)(CNCNC1)CNCNC2. The molecule has 10 N–H and O–H groups in total. The molecule has 12 heteroatoms. The fourth-order valence-electron chi connectivity index (χ4n) is 3.61. The standard InChI is InChI=1S/C17H38N10S2/c1-3-24-14(28)26-16-5-18-11-21-8-17(9-22-12-19-6-16,10-23-13-20-7-16)27-15(29)25-4-2/h18-23H,3-13H2,1-2H3,(H2,24,26,28)(H2,25,27,29). The van der Waals surface area contributed by atoms with Gasteiger partial charge in [0.25, 0.3) is 0 Å². The van der Waals surface area contributed by atoms with Gasteiger partial charge in [0.1, 0.15) is 0 Å². The molecule has 0 saturated carbocycles. The van der Waals surface area contributed by atoms with Crippen molar-refractivity contribution in [3.05, 3.63) is 0 Å². The summed E-state index contributed by atoms with van der Waals surface area (Å²) in [6, 6.07) is 0. The number of rotatable bonds is 4. The maximum Gasteiger partial charge on any atom is 0.166 e. The van der Waals surface area contributed by atoms with E-state index < -0.39 is 0 Å². The molecule has 3 aliphatic rings. The Morgan fingerprint density at radius 2 is 0.897 bits per heavy atom. The van der Waals surface area contributed by atoms with Crippen molar-refractivity contribution in [3.63, 3.8) is 0 Å². The molecular weight excluding hydrogens is 408 g/mol. The van der Waals surface area contributed by atoms with Crippen LogP contribution >= 0.6 is 24.4 Å². The van der Waals surface area contributed by atoms with E-state index >= 15 is 0 Å².